The molecule has 0 unspecified atom stereocenters. The van der Waals surface area contributed by atoms with Crippen molar-refractivity contribution in [2.75, 3.05) is 17.7 Å². The van der Waals surface area contributed by atoms with Crippen LogP contribution in [0.15, 0.2) is 32.9 Å². The number of anilines is 1. The minimum Gasteiger partial charge on any atom is -0.338 e. The zero-order valence-corrected chi connectivity index (χ0v) is 23.2. The largest absolute Gasteiger partial charge is 0.345 e. The Morgan fingerprint density at radius 2 is 1.88 bits per heavy atom. The normalized spacial score (nSPS) is 18.6. The molecular formula is C23H28F4N6O6S2. The molecule has 12 nitrogen and oxygen atoms in total. The molecule has 0 saturated heterocycles. The molecule has 2 saturated carbocycles. The topological polar surface area (TPSA) is 165 Å². The molecule has 226 valence electrons. The predicted molar refractivity (Wildman–Crippen MR) is 136 cm³/mol. The molecule has 2 fully saturated rings. The summed E-state index contributed by atoms with van der Waals surface area (Å²) in [6.07, 6.45) is 3.84. The van der Waals surface area contributed by atoms with Crippen molar-refractivity contribution in [2.24, 2.45) is 5.92 Å². The van der Waals surface area contributed by atoms with Crippen molar-refractivity contribution in [3.8, 4) is 0 Å². The quantitative estimate of drug-likeness (QED) is 0.171. The van der Waals surface area contributed by atoms with Crippen LogP contribution in [0.3, 0.4) is 0 Å². The van der Waals surface area contributed by atoms with E-state index in [2.05, 4.69) is 40.0 Å². The van der Waals surface area contributed by atoms with E-state index in [1.165, 1.54) is 12.1 Å². The van der Waals surface area contributed by atoms with Crippen molar-refractivity contribution in [3.05, 3.63) is 24.0 Å². The highest BCUT2D eigenvalue weighted by Crippen LogP contribution is 2.38. The number of alkyl halides is 4. The lowest BCUT2D eigenvalue weighted by Crippen LogP contribution is -2.50. The third-order valence-electron chi connectivity index (χ3n) is 6.64. The number of nitrogens with one attached hydrogen (secondary N) is 3. The molecule has 3 N–H and O–H groups in total. The first-order chi connectivity index (χ1) is 19.4. The lowest BCUT2D eigenvalue weighted by atomic mass is 9.83. The molecule has 1 atom stereocenters. The second-order valence-electron chi connectivity index (χ2n) is 9.70. The Labute approximate surface area is 236 Å². The van der Waals surface area contributed by atoms with E-state index in [9.17, 15) is 35.6 Å². The van der Waals surface area contributed by atoms with Gasteiger partial charge >= 0.3 is 6.61 Å². The highest BCUT2D eigenvalue weighted by Gasteiger charge is 2.47. The van der Waals surface area contributed by atoms with Crippen molar-refractivity contribution < 1.29 is 44.9 Å². The zero-order chi connectivity index (χ0) is 29.6. The summed E-state index contributed by atoms with van der Waals surface area (Å²) in [6, 6.07) is 0.545. The van der Waals surface area contributed by atoms with Gasteiger partial charge in [0.05, 0.1) is 6.61 Å². The second kappa shape index (κ2) is 13.4. The monoisotopic (exact) mass is 624 g/mol. The molecule has 2 aromatic heterocycles. The number of hydrogen-bond donors (Lipinski definition) is 3. The predicted octanol–water partition coefficient (Wildman–Crippen LogP) is 3.19. The minimum atomic E-state index is -4.09. The number of ether oxygens (including phenoxy) is 1. The number of halogens is 4. The smallest absolute Gasteiger partial charge is 0.338 e. The van der Waals surface area contributed by atoms with Gasteiger partial charge in [-0.2, -0.15) is 8.78 Å². The maximum atomic E-state index is 13.3. The van der Waals surface area contributed by atoms with Gasteiger partial charge < -0.3 is 15.4 Å². The number of thioether (sulfide) groups is 1. The van der Waals surface area contributed by atoms with Gasteiger partial charge in [0.25, 0.3) is 11.8 Å². The maximum Gasteiger partial charge on any atom is 0.345 e. The molecule has 18 heteroatoms. The van der Waals surface area contributed by atoms with Crippen LogP contribution in [0.4, 0.5) is 23.4 Å². The van der Waals surface area contributed by atoms with E-state index in [-0.39, 0.29) is 39.7 Å². The summed E-state index contributed by atoms with van der Waals surface area (Å²) in [4.78, 5) is 30.0. The molecule has 0 aromatic carbocycles. The number of nitrogens with zero attached hydrogens (tertiary/aromatic N) is 3. The standard InChI is InChI=1S/C23H28F4N6O6S2/c24-22(25)38-8-9-40-21-18(31-39-32-21)20(35)30-17(13-4-2-1-3-5-13)19(34)29-16-7-6-15(12-28-16)41(36,37)33-14-10-23(26,27)11-14/h6-7,12-14,17,22,33H,1-5,8-11H2,(H,30,35)(H,28,29,34)/t17-/m0/s1. The summed E-state index contributed by atoms with van der Waals surface area (Å²) < 4.78 is 86.4. The third kappa shape index (κ3) is 8.59. The average molecular weight is 625 g/mol. The third-order valence-corrected chi connectivity index (χ3v) is 9.06. The van der Waals surface area contributed by atoms with Gasteiger partial charge in [0.15, 0.2) is 5.03 Å². The molecule has 0 spiro atoms. The van der Waals surface area contributed by atoms with Crippen molar-refractivity contribution in [1.29, 1.82) is 0 Å². The van der Waals surface area contributed by atoms with E-state index in [0.29, 0.717) is 12.8 Å². The van der Waals surface area contributed by atoms with Crippen LogP contribution in [0.1, 0.15) is 55.4 Å². The Bertz CT molecular complexity index is 1300. The van der Waals surface area contributed by atoms with Crippen LogP contribution in [0, 0.1) is 5.92 Å². The van der Waals surface area contributed by atoms with Gasteiger partial charge in [-0.3, -0.25) is 9.59 Å². The maximum absolute atomic E-state index is 13.3. The number of carbonyl (C=O) groups is 2. The summed E-state index contributed by atoms with van der Waals surface area (Å²) in [5.41, 5.74) is -0.218. The molecule has 0 radical (unpaired) electrons. The second-order valence-corrected chi connectivity index (χ2v) is 12.5. The number of carbonyl (C=O) groups excluding carboxylic acids is 2. The fraction of sp³-hybridized carbons (Fsp3) is 0.609. The summed E-state index contributed by atoms with van der Waals surface area (Å²) in [5, 5.41) is 12.5. The molecule has 0 bridgehead atoms. The molecule has 2 aromatic rings. The van der Waals surface area contributed by atoms with Gasteiger partial charge in [0, 0.05) is 30.8 Å². The molecule has 4 rings (SSSR count). The SMILES string of the molecule is O=C(N[C@H](C(=O)Nc1ccc(S(=O)(=O)NC2CC(F)(F)C2)cn1)C1CCCCC1)c1nonc1SCCOC(F)F. The van der Waals surface area contributed by atoms with Crippen molar-refractivity contribution in [3.63, 3.8) is 0 Å². The van der Waals surface area contributed by atoms with E-state index >= 15 is 0 Å². The van der Waals surface area contributed by atoms with Gasteiger partial charge in [0.2, 0.25) is 21.6 Å². The van der Waals surface area contributed by atoms with Crippen molar-refractivity contribution in [2.45, 2.75) is 79.5 Å². The molecule has 2 aliphatic rings. The first kappa shape index (κ1) is 31.1. The Morgan fingerprint density at radius 3 is 2.51 bits per heavy atom. The lowest BCUT2D eigenvalue weighted by molar-refractivity contribution is -0.123. The van der Waals surface area contributed by atoms with Gasteiger partial charge in [0.1, 0.15) is 16.8 Å². The lowest BCUT2D eigenvalue weighted by Gasteiger charge is -2.34. The van der Waals surface area contributed by atoms with E-state index in [4.69, 9.17) is 0 Å². The number of aromatic nitrogens is 3. The molecule has 2 aliphatic carbocycles. The molecule has 2 heterocycles. The first-order valence-corrected chi connectivity index (χ1v) is 15.2. The minimum absolute atomic E-state index is 0.0116. The Morgan fingerprint density at radius 1 is 1.15 bits per heavy atom. The van der Waals surface area contributed by atoms with E-state index in [1.54, 1.807) is 0 Å². The first-order valence-electron chi connectivity index (χ1n) is 12.8. The molecule has 0 aliphatic heterocycles. The summed E-state index contributed by atoms with van der Waals surface area (Å²) >= 11 is 0.921. The fourth-order valence-electron chi connectivity index (χ4n) is 4.61. The Hall–Kier alpha value is -2.83. The van der Waals surface area contributed by atoms with Crippen LogP contribution < -0.4 is 15.4 Å². The zero-order valence-electron chi connectivity index (χ0n) is 21.5. The van der Waals surface area contributed by atoms with E-state index in [0.717, 1.165) is 37.2 Å². The van der Waals surface area contributed by atoms with Crippen LogP contribution in [0.25, 0.3) is 0 Å². The van der Waals surface area contributed by atoms with Crippen LogP contribution in [-0.2, 0) is 19.6 Å². The number of rotatable bonds is 13. The summed E-state index contributed by atoms with van der Waals surface area (Å²) in [7, 11) is -4.09. The summed E-state index contributed by atoms with van der Waals surface area (Å²) in [5.74, 6) is -4.40. The number of sulfonamides is 1. The van der Waals surface area contributed by atoms with Crippen molar-refractivity contribution >= 4 is 39.4 Å². The Kier molecular flexibility index (Phi) is 10.2. The highest BCUT2D eigenvalue weighted by atomic mass is 32.2. The van der Waals surface area contributed by atoms with Gasteiger partial charge in [-0.1, -0.05) is 31.0 Å². The number of pyridine rings is 1. The van der Waals surface area contributed by atoms with Gasteiger partial charge in [-0.25, -0.2) is 31.5 Å². The van der Waals surface area contributed by atoms with Crippen LogP contribution in [-0.4, -0.2) is 72.5 Å². The van der Waals surface area contributed by atoms with Gasteiger partial charge in [-0.15, -0.1) is 0 Å². The van der Waals surface area contributed by atoms with E-state index < -0.39 is 59.3 Å². The highest BCUT2D eigenvalue weighted by molar-refractivity contribution is 7.99. The molecular weight excluding hydrogens is 596 g/mol. The Balaban J connectivity index is 1.40. The molecule has 41 heavy (non-hydrogen) atoms. The number of hydrogen-bond acceptors (Lipinski definition) is 10. The van der Waals surface area contributed by atoms with Gasteiger partial charge in [-0.05, 0) is 41.2 Å². The van der Waals surface area contributed by atoms with Crippen LogP contribution in [0.2, 0.25) is 0 Å². The number of amides is 2. The fourth-order valence-corrected chi connectivity index (χ4v) is 6.52. The van der Waals surface area contributed by atoms with Crippen LogP contribution >= 0.6 is 11.8 Å². The van der Waals surface area contributed by atoms with Crippen molar-refractivity contribution in [1.82, 2.24) is 25.3 Å². The van der Waals surface area contributed by atoms with Crippen LogP contribution in [0.5, 0.6) is 0 Å². The average Bonchev–Trinajstić information content (AvgIpc) is 3.38. The van der Waals surface area contributed by atoms with E-state index in [1.807, 2.05) is 0 Å². The molecule has 2 amide bonds. The summed E-state index contributed by atoms with van der Waals surface area (Å²) in [6.45, 7) is -3.23.